The summed E-state index contributed by atoms with van der Waals surface area (Å²) in [6.07, 6.45) is 2.28. The molecule has 0 saturated carbocycles. The molecule has 1 atom stereocenters. The highest BCUT2D eigenvalue weighted by molar-refractivity contribution is 5.80. The Hall–Kier alpha value is -1.91. The lowest BCUT2D eigenvalue weighted by atomic mass is 9.99. The Morgan fingerprint density at radius 2 is 2.21 bits per heavy atom. The van der Waals surface area contributed by atoms with Gasteiger partial charge in [0.2, 0.25) is 5.91 Å². The molecule has 2 rings (SSSR count). The maximum absolute atomic E-state index is 12.2. The zero-order chi connectivity index (χ0) is 13.8. The van der Waals surface area contributed by atoms with Crippen molar-refractivity contribution in [1.82, 2.24) is 4.90 Å². The number of hydrogen-bond acceptors (Lipinski definition) is 3. The van der Waals surface area contributed by atoms with Gasteiger partial charge >= 0.3 is 0 Å². The van der Waals surface area contributed by atoms with E-state index in [1.165, 1.54) is 6.07 Å². The second-order valence-corrected chi connectivity index (χ2v) is 5.15. The van der Waals surface area contributed by atoms with Gasteiger partial charge in [-0.3, -0.25) is 14.9 Å². The lowest BCUT2D eigenvalue weighted by Crippen LogP contribution is -2.40. The molecule has 5 nitrogen and oxygen atoms in total. The van der Waals surface area contributed by atoms with Crippen LogP contribution in [0.4, 0.5) is 5.69 Å². The van der Waals surface area contributed by atoms with Crippen LogP contribution < -0.4 is 0 Å². The highest BCUT2D eigenvalue weighted by Gasteiger charge is 2.23. The maximum atomic E-state index is 12.2. The van der Waals surface area contributed by atoms with Gasteiger partial charge in [-0.15, -0.1) is 0 Å². The van der Waals surface area contributed by atoms with E-state index in [2.05, 4.69) is 6.92 Å². The molecule has 0 spiro atoms. The molecular formula is C14H18N2O3. The molecule has 1 heterocycles. The average Bonchev–Trinajstić information content (AvgIpc) is 2.39. The van der Waals surface area contributed by atoms with E-state index in [1.54, 1.807) is 18.2 Å². The number of benzene rings is 1. The van der Waals surface area contributed by atoms with Gasteiger partial charge in [-0.25, -0.2) is 0 Å². The first-order valence-corrected chi connectivity index (χ1v) is 6.58. The number of nitro benzene ring substituents is 1. The zero-order valence-corrected chi connectivity index (χ0v) is 11.0. The molecule has 1 saturated heterocycles. The highest BCUT2D eigenvalue weighted by Crippen LogP contribution is 2.21. The van der Waals surface area contributed by atoms with Crippen LogP contribution in [-0.4, -0.2) is 28.8 Å². The topological polar surface area (TPSA) is 63.5 Å². The van der Waals surface area contributed by atoms with Crippen molar-refractivity contribution in [2.24, 2.45) is 5.92 Å². The van der Waals surface area contributed by atoms with Crippen molar-refractivity contribution >= 4 is 11.6 Å². The minimum Gasteiger partial charge on any atom is -0.342 e. The summed E-state index contributed by atoms with van der Waals surface area (Å²) in [7, 11) is 0. The number of rotatable bonds is 3. The number of para-hydroxylation sites is 1. The van der Waals surface area contributed by atoms with E-state index in [0.717, 1.165) is 25.9 Å². The monoisotopic (exact) mass is 262 g/mol. The minimum absolute atomic E-state index is 0.0131. The van der Waals surface area contributed by atoms with Gasteiger partial charge in [-0.05, 0) is 18.8 Å². The van der Waals surface area contributed by atoms with E-state index in [1.807, 2.05) is 4.90 Å². The van der Waals surface area contributed by atoms with Gasteiger partial charge in [0, 0.05) is 24.7 Å². The molecule has 5 heteroatoms. The third-order valence-electron chi connectivity index (χ3n) is 3.54. The van der Waals surface area contributed by atoms with Crippen LogP contribution in [0.2, 0.25) is 0 Å². The second kappa shape index (κ2) is 5.82. The first-order valence-electron chi connectivity index (χ1n) is 6.58. The van der Waals surface area contributed by atoms with E-state index in [9.17, 15) is 14.9 Å². The van der Waals surface area contributed by atoms with Crippen LogP contribution >= 0.6 is 0 Å². The van der Waals surface area contributed by atoms with Crippen LogP contribution in [0.15, 0.2) is 24.3 Å². The van der Waals surface area contributed by atoms with Crippen LogP contribution in [0.1, 0.15) is 25.3 Å². The lowest BCUT2D eigenvalue weighted by Gasteiger charge is -2.31. The van der Waals surface area contributed by atoms with E-state index in [-0.39, 0.29) is 18.0 Å². The quantitative estimate of drug-likeness (QED) is 0.620. The first kappa shape index (κ1) is 13.5. The Bertz CT molecular complexity index is 487. The summed E-state index contributed by atoms with van der Waals surface area (Å²) in [5.41, 5.74) is 0.525. The molecule has 0 bridgehead atoms. The molecule has 0 unspecified atom stereocenters. The van der Waals surface area contributed by atoms with Crippen LogP contribution in [0, 0.1) is 16.0 Å². The van der Waals surface area contributed by atoms with Crippen LogP contribution in [-0.2, 0) is 11.2 Å². The van der Waals surface area contributed by atoms with Crippen molar-refractivity contribution < 1.29 is 9.72 Å². The SMILES string of the molecule is C[C@H]1CCCN(C(=O)Cc2ccccc2[N+](=O)[O-])C1. The van der Waals surface area contributed by atoms with E-state index < -0.39 is 4.92 Å². The number of nitrogens with zero attached hydrogens (tertiary/aromatic N) is 2. The summed E-state index contributed by atoms with van der Waals surface area (Å²) in [5.74, 6) is 0.504. The summed E-state index contributed by atoms with van der Waals surface area (Å²) >= 11 is 0. The number of amides is 1. The molecule has 0 aliphatic carbocycles. The van der Waals surface area contributed by atoms with E-state index in [4.69, 9.17) is 0 Å². The van der Waals surface area contributed by atoms with Gasteiger partial charge in [0.1, 0.15) is 0 Å². The summed E-state index contributed by atoms with van der Waals surface area (Å²) in [4.78, 5) is 24.5. The second-order valence-electron chi connectivity index (χ2n) is 5.15. The molecule has 1 aromatic carbocycles. The van der Waals surface area contributed by atoms with Crippen LogP contribution in [0.5, 0.6) is 0 Å². The van der Waals surface area contributed by atoms with Crippen molar-refractivity contribution in [3.8, 4) is 0 Å². The summed E-state index contributed by atoms with van der Waals surface area (Å²) < 4.78 is 0. The summed E-state index contributed by atoms with van der Waals surface area (Å²) in [5, 5.41) is 10.9. The number of nitro groups is 1. The Morgan fingerprint density at radius 1 is 1.47 bits per heavy atom. The van der Waals surface area contributed by atoms with Gasteiger partial charge in [0.15, 0.2) is 0 Å². The Labute approximate surface area is 112 Å². The fourth-order valence-electron chi connectivity index (χ4n) is 2.53. The van der Waals surface area contributed by atoms with Gasteiger partial charge in [-0.1, -0.05) is 25.1 Å². The molecule has 1 amide bonds. The van der Waals surface area contributed by atoms with Gasteiger partial charge in [0.05, 0.1) is 11.3 Å². The van der Waals surface area contributed by atoms with Crippen molar-refractivity contribution in [1.29, 1.82) is 0 Å². The molecule has 1 fully saturated rings. The van der Waals surface area contributed by atoms with Crippen molar-refractivity contribution in [2.75, 3.05) is 13.1 Å². The third kappa shape index (κ3) is 3.30. The highest BCUT2D eigenvalue weighted by atomic mass is 16.6. The molecule has 1 aromatic rings. The Morgan fingerprint density at radius 3 is 2.89 bits per heavy atom. The smallest absolute Gasteiger partial charge is 0.273 e. The largest absolute Gasteiger partial charge is 0.342 e. The molecule has 0 radical (unpaired) electrons. The van der Waals surface area contributed by atoms with E-state index >= 15 is 0 Å². The molecule has 1 aliphatic rings. The number of carbonyl (C=O) groups excluding carboxylic acids is 1. The fourth-order valence-corrected chi connectivity index (χ4v) is 2.53. The van der Waals surface area contributed by atoms with Gasteiger partial charge in [0.25, 0.3) is 5.69 Å². The molecule has 1 aliphatic heterocycles. The predicted molar refractivity (Wildman–Crippen MR) is 71.8 cm³/mol. The summed E-state index contributed by atoms with van der Waals surface area (Å²) in [6.45, 7) is 3.66. The molecule has 102 valence electrons. The fraction of sp³-hybridized carbons (Fsp3) is 0.500. The Balaban J connectivity index is 2.08. The Kier molecular flexibility index (Phi) is 4.14. The normalized spacial score (nSPS) is 19.2. The average molecular weight is 262 g/mol. The molecular weight excluding hydrogens is 244 g/mol. The molecule has 19 heavy (non-hydrogen) atoms. The summed E-state index contributed by atoms with van der Waals surface area (Å²) in [6, 6.07) is 6.45. The number of piperidine rings is 1. The molecule has 0 aromatic heterocycles. The third-order valence-corrected chi connectivity index (χ3v) is 3.54. The van der Waals surface area contributed by atoms with Crippen molar-refractivity contribution in [3.05, 3.63) is 39.9 Å². The lowest BCUT2D eigenvalue weighted by molar-refractivity contribution is -0.385. The molecule has 0 N–H and O–H groups in total. The van der Waals surface area contributed by atoms with Crippen molar-refractivity contribution in [3.63, 3.8) is 0 Å². The zero-order valence-electron chi connectivity index (χ0n) is 11.0. The number of carbonyl (C=O) groups is 1. The van der Waals surface area contributed by atoms with Gasteiger partial charge in [-0.2, -0.15) is 0 Å². The minimum atomic E-state index is -0.429. The maximum Gasteiger partial charge on any atom is 0.273 e. The van der Waals surface area contributed by atoms with Crippen LogP contribution in [0.3, 0.4) is 0 Å². The number of hydrogen-bond donors (Lipinski definition) is 0. The van der Waals surface area contributed by atoms with E-state index in [0.29, 0.717) is 11.5 Å². The first-order chi connectivity index (χ1) is 9.08. The number of likely N-dealkylation sites (tertiary alicyclic amines) is 1. The standard InChI is InChI=1S/C14H18N2O3/c1-11-5-4-8-15(10-11)14(17)9-12-6-2-3-7-13(12)16(18)19/h2-3,6-7,11H,4-5,8-10H2,1H3/t11-/m0/s1. The predicted octanol–water partition coefficient (Wildman–Crippen LogP) is 2.40. The van der Waals surface area contributed by atoms with Crippen LogP contribution in [0.25, 0.3) is 0 Å². The van der Waals surface area contributed by atoms with Crippen molar-refractivity contribution in [2.45, 2.75) is 26.2 Å². The van der Waals surface area contributed by atoms with Gasteiger partial charge < -0.3 is 4.90 Å².